The molecule has 0 spiro atoms. The first-order valence-corrected chi connectivity index (χ1v) is 8.01. The molecule has 0 saturated carbocycles. The number of Topliss-reactive ketones (excluding diaryl/α,β-unsaturated/α-hetero) is 1. The Morgan fingerprint density at radius 3 is 2.56 bits per heavy atom. The standard InChI is InChI=1S/C19H16N4O2/c1-12-22-23-19(25-12)21-18-16(24)11-14-9-5-6-10-15(14)17(20-18)13-7-3-2-4-8-13/h2-10,18H,11H2,1H3,(H,21,23). The lowest BCUT2D eigenvalue weighted by Gasteiger charge is -2.11. The fourth-order valence-electron chi connectivity index (χ4n) is 2.87. The van der Waals surface area contributed by atoms with Crippen LogP contribution in [0.2, 0.25) is 0 Å². The fourth-order valence-corrected chi connectivity index (χ4v) is 2.87. The fraction of sp³-hybridized carbons (Fsp3) is 0.158. The van der Waals surface area contributed by atoms with E-state index < -0.39 is 6.17 Å². The van der Waals surface area contributed by atoms with Crippen LogP contribution in [0.1, 0.15) is 22.6 Å². The number of fused-ring (bicyclic) bond motifs is 1. The second kappa shape index (κ2) is 6.32. The van der Waals surface area contributed by atoms with Gasteiger partial charge in [0.15, 0.2) is 11.9 Å². The van der Waals surface area contributed by atoms with E-state index in [2.05, 4.69) is 15.5 Å². The third kappa shape index (κ3) is 3.06. The van der Waals surface area contributed by atoms with Gasteiger partial charge in [-0.2, -0.15) is 0 Å². The molecule has 124 valence electrons. The lowest BCUT2D eigenvalue weighted by molar-refractivity contribution is -0.119. The van der Waals surface area contributed by atoms with Crippen LogP contribution in [0.4, 0.5) is 6.01 Å². The molecule has 1 aliphatic rings. The number of aryl methyl sites for hydroxylation is 1. The maximum atomic E-state index is 12.7. The van der Waals surface area contributed by atoms with Crippen LogP contribution in [0.15, 0.2) is 64.0 Å². The van der Waals surface area contributed by atoms with Gasteiger partial charge in [0, 0.05) is 24.5 Å². The Morgan fingerprint density at radius 1 is 1.04 bits per heavy atom. The van der Waals surface area contributed by atoms with Crippen molar-refractivity contribution < 1.29 is 9.21 Å². The summed E-state index contributed by atoms with van der Waals surface area (Å²) in [6.07, 6.45) is -0.483. The largest absolute Gasteiger partial charge is 0.408 e. The van der Waals surface area contributed by atoms with Gasteiger partial charge in [-0.05, 0) is 5.56 Å². The molecule has 0 amide bonds. The molecule has 0 saturated heterocycles. The zero-order valence-corrected chi connectivity index (χ0v) is 13.6. The number of ketones is 1. The molecule has 1 N–H and O–H groups in total. The molecule has 1 atom stereocenters. The third-order valence-corrected chi connectivity index (χ3v) is 4.03. The van der Waals surface area contributed by atoms with Crippen molar-refractivity contribution in [3.05, 3.63) is 77.2 Å². The Kier molecular flexibility index (Phi) is 3.85. The van der Waals surface area contributed by atoms with Crippen molar-refractivity contribution in [2.45, 2.75) is 19.5 Å². The number of carbonyl (C=O) groups excluding carboxylic acids is 1. The highest BCUT2D eigenvalue weighted by molar-refractivity contribution is 6.16. The first-order valence-electron chi connectivity index (χ1n) is 8.01. The Hall–Kier alpha value is -3.28. The second-order valence-corrected chi connectivity index (χ2v) is 5.82. The lowest BCUT2D eigenvalue weighted by Crippen LogP contribution is -2.29. The number of rotatable bonds is 3. The van der Waals surface area contributed by atoms with E-state index in [4.69, 9.17) is 9.41 Å². The molecule has 3 aromatic rings. The van der Waals surface area contributed by atoms with Crippen molar-refractivity contribution >= 4 is 17.5 Å². The van der Waals surface area contributed by atoms with E-state index in [-0.39, 0.29) is 11.8 Å². The van der Waals surface area contributed by atoms with Crippen molar-refractivity contribution in [1.29, 1.82) is 0 Å². The molecule has 1 unspecified atom stereocenters. The number of hydrogen-bond acceptors (Lipinski definition) is 6. The number of hydrogen-bond donors (Lipinski definition) is 1. The minimum atomic E-state index is -0.776. The topological polar surface area (TPSA) is 80.4 Å². The van der Waals surface area contributed by atoms with Gasteiger partial charge >= 0.3 is 6.01 Å². The molecule has 0 bridgehead atoms. The van der Waals surface area contributed by atoms with Crippen molar-refractivity contribution in [3.8, 4) is 0 Å². The molecule has 2 aromatic carbocycles. The molecule has 4 rings (SSSR count). The van der Waals surface area contributed by atoms with Gasteiger partial charge in [-0.3, -0.25) is 9.79 Å². The van der Waals surface area contributed by atoms with Gasteiger partial charge in [-0.15, -0.1) is 5.10 Å². The first kappa shape index (κ1) is 15.3. The maximum absolute atomic E-state index is 12.7. The van der Waals surface area contributed by atoms with Gasteiger partial charge in [0.05, 0.1) is 5.71 Å². The van der Waals surface area contributed by atoms with Crippen LogP contribution in [0.5, 0.6) is 0 Å². The molecular formula is C19H16N4O2. The highest BCUT2D eigenvalue weighted by Gasteiger charge is 2.26. The van der Waals surface area contributed by atoms with Crippen LogP contribution in [-0.2, 0) is 11.2 Å². The maximum Gasteiger partial charge on any atom is 0.317 e. The number of benzene rings is 2. The Balaban J connectivity index is 1.80. The number of anilines is 1. The summed E-state index contributed by atoms with van der Waals surface area (Å²) in [7, 11) is 0. The van der Waals surface area contributed by atoms with Gasteiger partial charge in [-0.25, -0.2) is 0 Å². The van der Waals surface area contributed by atoms with Gasteiger partial charge in [0.2, 0.25) is 5.89 Å². The molecule has 1 aliphatic heterocycles. The molecule has 0 radical (unpaired) electrons. The van der Waals surface area contributed by atoms with Crippen LogP contribution in [0.3, 0.4) is 0 Å². The highest BCUT2D eigenvalue weighted by atomic mass is 16.4. The first-order chi connectivity index (χ1) is 12.2. The monoisotopic (exact) mass is 332 g/mol. The van der Waals surface area contributed by atoms with E-state index in [0.717, 1.165) is 22.4 Å². The zero-order chi connectivity index (χ0) is 17.2. The Labute approximate surface area is 144 Å². The number of nitrogens with zero attached hydrogens (tertiary/aromatic N) is 3. The average molecular weight is 332 g/mol. The van der Waals surface area contributed by atoms with Gasteiger partial charge in [0.25, 0.3) is 0 Å². The van der Waals surface area contributed by atoms with E-state index in [1.54, 1.807) is 6.92 Å². The van der Waals surface area contributed by atoms with Crippen LogP contribution in [0, 0.1) is 6.92 Å². The number of aliphatic imine (C=N–C) groups is 1. The Bertz CT molecular complexity index is 947. The summed E-state index contributed by atoms with van der Waals surface area (Å²) in [6.45, 7) is 1.70. The average Bonchev–Trinajstić information content (AvgIpc) is 2.98. The van der Waals surface area contributed by atoms with Gasteiger partial charge in [0.1, 0.15) is 0 Å². The van der Waals surface area contributed by atoms with Crippen molar-refractivity contribution in [1.82, 2.24) is 10.2 Å². The lowest BCUT2D eigenvalue weighted by atomic mass is 9.96. The minimum absolute atomic E-state index is 0.0470. The molecule has 0 aliphatic carbocycles. The van der Waals surface area contributed by atoms with E-state index in [1.807, 2.05) is 54.6 Å². The van der Waals surface area contributed by atoms with Crippen LogP contribution < -0.4 is 5.32 Å². The molecular weight excluding hydrogens is 316 g/mol. The normalized spacial score (nSPS) is 16.8. The predicted molar refractivity (Wildman–Crippen MR) is 93.7 cm³/mol. The molecule has 2 heterocycles. The third-order valence-electron chi connectivity index (χ3n) is 4.03. The summed E-state index contributed by atoms with van der Waals surface area (Å²) in [5, 5.41) is 10.6. The summed E-state index contributed by atoms with van der Waals surface area (Å²) in [6, 6.07) is 17.9. The summed E-state index contributed by atoms with van der Waals surface area (Å²) in [5.74, 6) is 0.383. The van der Waals surface area contributed by atoms with E-state index >= 15 is 0 Å². The Morgan fingerprint density at radius 2 is 1.80 bits per heavy atom. The summed E-state index contributed by atoms with van der Waals surface area (Å²) >= 11 is 0. The van der Waals surface area contributed by atoms with Gasteiger partial charge in [-0.1, -0.05) is 59.7 Å². The van der Waals surface area contributed by atoms with Crippen LogP contribution in [0.25, 0.3) is 0 Å². The molecule has 25 heavy (non-hydrogen) atoms. The molecule has 1 aromatic heterocycles. The smallest absolute Gasteiger partial charge is 0.317 e. The molecule has 6 nitrogen and oxygen atoms in total. The number of nitrogens with one attached hydrogen (secondary N) is 1. The molecule has 0 fully saturated rings. The summed E-state index contributed by atoms with van der Waals surface area (Å²) in [5.41, 5.74) is 3.66. The number of aromatic nitrogens is 2. The van der Waals surface area contributed by atoms with Crippen LogP contribution in [-0.4, -0.2) is 27.9 Å². The van der Waals surface area contributed by atoms with Gasteiger partial charge < -0.3 is 9.73 Å². The summed E-state index contributed by atoms with van der Waals surface area (Å²) < 4.78 is 5.34. The quantitative estimate of drug-likeness (QED) is 0.798. The minimum Gasteiger partial charge on any atom is -0.408 e. The van der Waals surface area contributed by atoms with E-state index in [1.165, 1.54) is 0 Å². The van der Waals surface area contributed by atoms with Crippen LogP contribution >= 0.6 is 0 Å². The SMILES string of the molecule is Cc1nnc(NC2N=C(c3ccccc3)c3ccccc3CC2=O)o1. The highest BCUT2D eigenvalue weighted by Crippen LogP contribution is 2.22. The molecule has 6 heteroatoms. The predicted octanol–water partition coefficient (Wildman–Crippen LogP) is 2.78. The van der Waals surface area contributed by atoms with Crippen molar-refractivity contribution in [2.24, 2.45) is 4.99 Å². The van der Waals surface area contributed by atoms with E-state index in [0.29, 0.717) is 12.3 Å². The number of carbonyl (C=O) groups is 1. The van der Waals surface area contributed by atoms with Crippen molar-refractivity contribution in [2.75, 3.05) is 5.32 Å². The van der Waals surface area contributed by atoms with Crippen molar-refractivity contribution in [3.63, 3.8) is 0 Å². The second-order valence-electron chi connectivity index (χ2n) is 5.82. The summed E-state index contributed by atoms with van der Waals surface area (Å²) in [4.78, 5) is 17.4. The van der Waals surface area contributed by atoms with E-state index in [9.17, 15) is 4.79 Å². The zero-order valence-electron chi connectivity index (χ0n) is 13.6.